The second kappa shape index (κ2) is 10.9. The molecule has 2 unspecified atom stereocenters. The molecule has 2 atom stereocenters. The van der Waals surface area contributed by atoms with Crippen molar-refractivity contribution in [3.05, 3.63) is 117 Å². The molecule has 0 aliphatic carbocycles. The Hall–Kier alpha value is -1.46. The van der Waals surface area contributed by atoms with Crippen molar-refractivity contribution in [1.29, 1.82) is 0 Å². The summed E-state index contributed by atoms with van der Waals surface area (Å²) in [5.74, 6) is 0. The van der Waals surface area contributed by atoms with E-state index in [4.69, 9.17) is 34.8 Å². The van der Waals surface area contributed by atoms with Gasteiger partial charge in [0.15, 0.2) is 0 Å². The molecule has 4 aromatic carbocycles. The number of halogens is 3. The summed E-state index contributed by atoms with van der Waals surface area (Å²) in [6, 6.07) is 30.4. The SMILES string of the molecule is Cc1ccccc1[As](C(=O)[As](c1ccccc1)c1cc(Cl)c(Cl)c(Cl)c1C)c1ccccc1. The second-order valence-electron chi connectivity index (χ2n) is 7.54. The predicted molar refractivity (Wildman–Crippen MR) is 146 cm³/mol. The Kier molecular flexibility index (Phi) is 8.11. The van der Waals surface area contributed by atoms with Gasteiger partial charge in [0.1, 0.15) is 0 Å². The van der Waals surface area contributed by atoms with Crippen molar-refractivity contribution in [3.63, 3.8) is 0 Å². The van der Waals surface area contributed by atoms with E-state index in [1.807, 2.05) is 61.5 Å². The van der Waals surface area contributed by atoms with Gasteiger partial charge < -0.3 is 0 Å². The van der Waals surface area contributed by atoms with Crippen molar-refractivity contribution in [1.82, 2.24) is 0 Å². The van der Waals surface area contributed by atoms with Crippen molar-refractivity contribution in [2.45, 2.75) is 13.8 Å². The van der Waals surface area contributed by atoms with E-state index in [0.717, 1.165) is 24.2 Å². The Balaban J connectivity index is 1.97. The van der Waals surface area contributed by atoms with E-state index in [1.54, 1.807) is 0 Å². The molecule has 4 rings (SSSR count). The van der Waals surface area contributed by atoms with E-state index < -0.39 is 29.3 Å². The number of hydrogen-bond acceptors (Lipinski definition) is 1. The fraction of sp³-hybridized carbons (Fsp3) is 0.0741. The van der Waals surface area contributed by atoms with Gasteiger partial charge in [0.05, 0.1) is 0 Å². The molecule has 0 amide bonds. The molecule has 0 heterocycles. The maximum absolute atomic E-state index is 14.7. The Labute approximate surface area is 219 Å². The van der Waals surface area contributed by atoms with Crippen molar-refractivity contribution in [2.24, 2.45) is 0 Å². The van der Waals surface area contributed by atoms with Crippen LogP contribution < -0.4 is 17.4 Å². The number of benzene rings is 4. The van der Waals surface area contributed by atoms with E-state index in [9.17, 15) is 4.79 Å². The van der Waals surface area contributed by atoms with Gasteiger partial charge in [-0.1, -0.05) is 0 Å². The van der Waals surface area contributed by atoms with Gasteiger partial charge in [-0.3, -0.25) is 0 Å². The first-order valence-corrected chi connectivity index (χ1v) is 17.1. The summed E-state index contributed by atoms with van der Waals surface area (Å²) >= 11 is 14.6. The molecule has 166 valence electrons. The normalized spacial score (nSPS) is 12.9. The van der Waals surface area contributed by atoms with Crippen molar-refractivity contribution in [3.8, 4) is 0 Å². The van der Waals surface area contributed by atoms with Crippen LogP contribution in [0.15, 0.2) is 91.0 Å². The second-order valence-corrected chi connectivity index (χ2v) is 19.1. The van der Waals surface area contributed by atoms with Gasteiger partial charge in [-0.15, -0.1) is 0 Å². The molecule has 0 aliphatic heterocycles. The number of aryl methyl sites for hydroxylation is 1. The number of rotatable bonds is 6. The van der Waals surface area contributed by atoms with Gasteiger partial charge in [-0.05, 0) is 0 Å². The fourth-order valence-electron chi connectivity index (χ4n) is 3.68. The molecule has 0 saturated carbocycles. The summed E-state index contributed by atoms with van der Waals surface area (Å²) in [6.45, 7) is 4.03. The predicted octanol–water partition coefficient (Wildman–Crippen LogP) is 5.47. The van der Waals surface area contributed by atoms with Crippen LogP contribution in [0.25, 0.3) is 0 Å². The molecule has 0 radical (unpaired) electrons. The Morgan fingerprint density at radius 1 is 0.636 bits per heavy atom. The zero-order valence-electron chi connectivity index (χ0n) is 18.1. The summed E-state index contributed by atoms with van der Waals surface area (Å²) in [6.07, 6.45) is 0. The van der Waals surface area contributed by atoms with E-state index >= 15 is 0 Å². The monoisotopic (exact) mass is 616 g/mol. The molecule has 0 aliphatic rings. The molecule has 0 spiro atoms. The van der Waals surface area contributed by atoms with Crippen LogP contribution in [0.1, 0.15) is 11.1 Å². The van der Waals surface area contributed by atoms with Crippen molar-refractivity contribution in [2.75, 3.05) is 0 Å². The van der Waals surface area contributed by atoms with E-state index in [-0.39, 0.29) is 0 Å². The van der Waals surface area contributed by atoms with Crippen molar-refractivity contribution >= 4 is 84.9 Å². The van der Waals surface area contributed by atoms with Gasteiger partial charge in [0, 0.05) is 0 Å². The van der Waals surface area contributed by atoms with Crippen molar-refractivity contribution < 1.29 is 4.79 Å². The Morgan fingerprint density at radius 2 is 1.12 bits per heavy atom. The maximum atomic E-state index is 14.7. The van der Waals surface area contributed by atoms with Crippen LogP contribution >= 0.6 is 34.8 Å². The molecule has 33 heavy (non-hydrogen) atoms. The average Bonchev–Trinajstić information content (AvgIpc) is 2.84. The number of hydrogen-bond donors (Lipinski definition) is 0. The summed E-state index contributed by atoms with van der Waals surface area (Å²) in [7, 11) is 0. The first-order valence-electron chi connectivity index (χ1n) is 10.3. The fourth-order valence-corrected chi connectivity index (χ4v) is 19.9. The van der Waals surface area contributed by atoms with Gasteiger partial charge in [0.25, 0.3) is 0 Å². The molecule has 0 saturated heterocycles. The molecule has 0 N–H and O–H groups in total. The molecule has 6 heteroatoms. The topological polar surface area (TPSA) is 17.1 Å². The van der Waals surface area contributed by atoms with Crippen LogP contribution in [-0.2, 0) is 0 Å². The molecular weight excluding hydrogens is 596 g/mol. The molecule has 4 aromatic rings. The summed E-state index contributed by atoms with van der Waals surface area (Å²) in [5, 5.41) is 1.15. The zero-order valence-corrected chi connectivity index (χ0v) is 24.1. The van der Waals surface area contributed by atoms with Gasteiger partial charge in [-0.2, -0.15) is 0 Å². The standard InChI is InChI=1S/C27H21As2Cl3O/c1-18-11-9-10-16-22(18)28(20-12-5-3-6-13-20)27(33)29(21-14-7-4-8-15-21)23-17-24(30)26(32)25(31)19(23)2/h3-17H,1-2H3. The number of carbonyl (C=O) groups is 1. The van der Waals surface area contributed by atoms with Gasteiger partial charge in [-0.25, -0.2) is 0 Å². The molecule has 0 bridgehead atoms. The Morgan fingerprint density at radius 3 is 1.67 bits per heavy atom. The first-order chi connectivity index (χ1) is 15.9. The zero-order chi connectivity index (χ0) is 23.5. The minimum atomic E-state index is -2.47. The summed E-state index contributed by atoms with van der Waals surface area (Å²) < 4.78 is 4.65. The van der Waals surface area contributed by atoms with Crippen LogP contribution in [-0.4, -0.2) is 32.7 Å². The molecule has 0 aromatic heterocycles. The van der Waals surface area contributed by atoms with Crippen LogP contribution in [0.3, 0.4) is 0 Å². The van der Waals surface area contributed by atoms with Crippen LogP contribution in [0.4, 0.5) is 4.79 Å². The van der Waals surface area contributed by atoms with E-state index in [0.29, 0.717) is 18.4 Å². The molecule has 0 fully saturated rings. The average molecular weight is 618 g/mol. The molecular formula is C27H21As2Cl3O. The Bertz CT molecular complexity index is 1290. The van der Waals surface area contributed by atoms with Gasteiger partial charge in [0.2, 0.25) is 0 Å². The number of carbonyl (C=O) groups excluding carboxylic acids is 1. The third kappa shape index (κ3) is 5.14. The third-order valence-corrected chi connectivity index (χ3v) is 20.2. The first kappa shape index (κ1) is 24.7. The van der Waals surface area contributed by atoms with Crippen LogP contribution in [0.5, 0.6) is 0 Å². The minimum absolute atomic E-state index is 0.338. The van der Waals surface area contributed by atoms with Crippen LogP contribution in [0.2, 0.25) is 15.1 Å². The van der Waals surface area contributed by atoms with E-state index in [1.165, 1.54) is 4.35 Å². The van der Waals surface area contributed by atoms with E-state index in [2.05, 4.69) is 43.3 Å². The summed E-state index contributed by atoms with van der Waals surface area (Å²) in [4.78, 5) is 14.7. The quantitative estimate of drug-likeness (QED) is 0.208. The third-order valence-electron chi connectivity index (χ3n) is 5.39. The molecule has 1 nitrogen and oxygen atoms in total. The van der Waals surface area contributed by atoms with Crippen LogP contribution in [0, 0.1) is 13.8 Å². The summed E-state index contributed by atoms with van der Waals surface area (Å²) in [5.41, 5.74) is 2.00. The van der Waals surface area contributed by atoms with Gasteiger partial charge >= 0.3 is 221 Å².